The minimum atomic E-state index is -3.75. The molecule has 4 amide bonds. The summed E-state index contributed by atoms with van der Waals surface area (Å²) in [5.41, 5.74) is 15.8. The Morgan fingerprint density at radius 3 is 1.36 bits per heavy atom. The third kappa shape index (κ3) is 30.7. The number of likely N-dealkylation sites (N-methyl/N-ethyl adjacent to an activating group) is 1. The Kier molecular flexibility index (Phi) is 18.7. The van der Waals surface area contributed by atoms with Crippen LogP contribution >= 0.6 is 0 Å². The van der Waals surface area contributed by atoms with Gasteiger partial charge in [0.25, 0.3) is 0 Å². The van der Waals surface area contributed by atoms with E-state index in [2.05, 4.69) is 20.8 Å². The van der Waals surface area contributed by atoms with Crippen molar-refractivity contribution in [3.63, 3.8) is 0 Å². The van der Waals surface area contributed by atoms with Gasteiger partial charge in [-0.15, -0.1) is 0 Å². The monoisotopic (exact) mass is 865 g/mol. The van der Waals surface area contributed by atoms with Gasteiger partial charge in [0, 0.05) is 59.6 Å². The van der Waals surface area contributed by atoms with Crippen molar-refractivity contribution in [3.05, 3.63) is 71.8 Å². The number of alkyl carbamates (subject to hydrolysis) is 2. The van der Waals surface area contributed by atoms with E-state index in [9.17, 15) is 28.8 Å². The number of hydrogen-bond acceptors (Lipinski definition) is 11. The van der Waals surface area contributed by atoms with E-state index in [1.165, 1.54) is 48.4 Å². The Morgan fingerprint density at radius 1 is 0.656 bits per heavy atom. The standard InChI is InChI=1S/C22H35N3O4.C21H33N3O4.CH3B.BHN/c1-22(2,3)29-21(28)25-13-9-8-12-18(24-4)19(26)15-17(20(23)27)14-16-10-6-5-7-11-16;1-21(2,3)28-20(27)24-12-8-7-11-17(22)18(25)14-16(19(23)26)13-15-9-5-4-6-10-15;2*1-2/h5-7,10-11,17-18,24H,8-9,12-15H2,1-4H3,(H2,23,27)(H,25,28);4-6,9-10,16-17H,7-8,11-14,22H2,1-3H3,(H2,23,26)(H,24,27);1H3;2H/t17-,18+;16-,17+;;/m11../s1/i8D2,9D2,12D2,13D2;7D2,8D2,11D2,12D2;;. The first-order valence-corrected chi connectivity index (χ1v) is 18.7. The number of carbonyl (C=O) groups excluding carboxylic acids is 6. The molecule has 0 aliphatic carbocycles. The first-order chi connectivity index (χ1) is 34.7. The van der Waals surface area contributed by atoms with Crippen molar-refractivity contribution in [2.75, 3.05) is 20.0 Å². The zero-order valence-electron chi connectivity index (χ0n) is 52.1. The average molecular weight is 865 g/mol. The number of primary amides is 2. The first-order valence-electron chi connectivity index (χ1n) is 26.7. The van der Waals surface area contributed by atoms with Gasteiger partial charge in [0.1, 0.15) is 17.0 Å². The van der Waals surface area contributed by atoms with Crippen LogP contribution in [0.3, 0.4) is 0 Å². The number of benzene rings is 2. The van der Waals surface area contributed by atoms with Crippen LogP contribution in [0.1, 0.15) is 126 Å². The quantitative estimate of drug-likeness (QED) is 0.0735. The molecule has 0 aliphatic rings. The summed E-state index contributed by atoms with van der Waals surface area (Å²) in [6.07, 6.45) is -25.6. The van der Waals surface area contributed by atoms with Crippen molar-refractivity contribution < 1.29 is 60.2 Å². The maximum Gasteiger partial charge on any atom is 0.0606 e. The normalized spacial score (nSPS) is 18.4. The predicted molar refractivity (Wildman–Crippen MR) is 242 cm³/mol. The summed E-state index contributed by atoms with van der Waals surface area (Å²) in [5.74, 6) is -5.92. The smallest absolute Gasteiger partial charge is 0.0606 e. The fraction of sp³-hybridized carbons (Fsp3) is 0.591. The second-order valence-electron chi connectivity index (χ2n) is 14.4. The Bertz CT molecular complexity index is 2260. The van der Waals surface area contributed by atoms with Crippen LogP contribution in [-0.4, -0.2) is 94.4 Å². The minimum Gasteiger partial charge on any atom is -0.0999 e. The van der Waals surface area contributed by atoms with Crippen LogP contribution in [-0.2, 0) is 41.5 Å². The molecule has 3 radical (unpaired) electrons. The van der Waals surface area contributed by atoms with Crippen LogP contribution in [0, 0.1) is 17.1 Å². The molecule has 0 fully saturated rings. The number of Topliss-reactive ketones (excluding diaryl/α,β-unsaturated/α-hetero) is 2. The van der Waals surface area contributed by atoms with Gasteiger partial charge in [-0.3, -0.25) is 19.2 Å². The van der Waals surface area contributed by atoms with Gasteiger partial charge in [-0.2, -0.15) is 0 Å². The number of amides is 4. The summed E-state index contributed by atoms with van der Waals surface area (Å²) in [6.45, 7) is 3.40. The molecule has 0 spiro atoms. The summed E-state index contributed by atoms with van der Waals surface area (Å²) in [5, 5.41) is 10.8. The van der Waals surface area contributed by atoms with E-state index in [0.29, 0.717) is 11.1 Å². The van der Waals surface area contributed by atoms with Gasteiger partial charge < -0.3 is 42.6 Å². The van der Waals surface area contributed by atoms with Gasteiger partial charge in [-0.25, -0.2) is 9.59 Å². The van der Waals surface area contributed by atoms with Gasteiger partial charge in [-0.1, -0.05) is 67.5 Å². The Morgan fingerprint density at radius 2 is 1.02 bits per heavy atom. The van der Waals surface area contributed by atoms with Crippen LogP contribution in [0.5, 0.6) is 0 Å². The number of nitrogens with one attached hydrogen (secondary N) is 4. The molecule has 2 rings (SSSR count). The van der Waals surface area contributed by atoms with Gasteiger partial charge in [0.15, 0.2) is 5.78 Å². The zero-order valence-corrected chi connectivity index (χ0v) is 36.1. The van der Waals surface area contributed by atoms with E-state index in [1.807, 2.05) is 0 Å². The minimum absolute atomic E-state index is 0.0354. The maximum absolute atomic E-state index is 13.1. The molecular weight excluding hydrogens is 776 g/mol. The fourth-order valence-corrected chi connectivity index (χ4v) is 4.52. The van der Waals surface area contributed by atoms with Crippen LogP contribution in [0.4, 0.5) is 9.59 Å². The molecule has 2 aromatic carbocycles. The van der Waals surface area contributed by atoms with Crippen LogP contribution in [0.25, 0.3) is 0 Å². The molecule has 61 heavy (non-hydrogen) atoms. The molecule has 0 aliphatic heterocycles. The van der Waals surface area contributed by atoms with Crippen molar-refractivity contribution in [1.82, 2.24) is 16.0 Å². The van der Waals surface area contributed by atoms with Gasteiger partial charge >= 0.3 is 25.1 Å². The number of ether oxygens (including phenoxy) is 2. The zero-order chi connectivity index (χ0) is 61.4. The Labute approximate surface area is 389 Å². The summed E-state index contributed by atoms with van der Waals surface area (Å²) < 4.78 is 140. The van der Waals surface area contributed by atoms with Crippen LogP contribution < -0.4 is 33.2 Å². The van der Waals surface area contributed by atoms with E-state index >= 15 is 0 Å². The fourth-order valence-electron chi connectivity index (χ4n) is 4.52. The molecule has 4 atom stereocenters. The summed E-state index contributed by atoms with van der Waals surface area (Å²) >= 11 is 0. The van der Waals surface area contributed by atoms with E-state index < -0.39 is 135 Å². The van der Waals surface area contributed by atoms with Crippen molar-refractivity contribution in [1.29, 1.82) is 5.31 Å². The molecule has 0 unspecified atom stereocenters. The molecule has 0 saturated carbocycles. The molecule has 10 N–H and O–H groups in total. The van der Waals surface area contributed by atoms with Gasteiger partial charge in [0.05, 0.1) is 19.9 Å². The predicted octanol–water partition coefficient (Wildman–Crippen LogP) is 5.01. The van der Waals surface area contributed by atoms with Crippen molar-refractivity contribution >= 4 is 51.1 Å². The molecule has 337 valence electrons. The number of ketones is 2. The largest absolute Gasteiger partial charge is 0.0999 e. The number of carbonyl (C=O) groups is 6. The van der Waals surface area contributed by atoms with E-state index in [0.717, 1.165) is 7.05 Å². The van der Waals surface area contributed by atoms with Gasteiger partial charge in [-0.05, 0) is 111 Å². The second-order valence-corrected chi connectivity index (χ2v) is 14.4. The van der Waals surface area contributed by atoms with Crippen molar-refractivity contribution in [3.8, 4) is 0 Å². The second kappa shape index (κ2) is 32.8. The van der Waals surface area contributed by atoms with E-state index in [-0.39, 0.29) is 12.8 Å². The summed E-state index contributed by atoms with van der Waals surface area (Å²) in [6, 6.07) is 12.9. The van der Waals surface area contributed by atoms with Crippen molar-refractivity contribution in [2.45, 2.75) is 136 Å². The molecule has 0 bridgehead atoms. The summed E-state index contributed by atoms with van der Waals surface area (Å²) in [7, 11) is 9.40. The van der Waals surface area contributed by atoms with E-state index in [4.69, 9.17) is 53.9 Å². The molecule has 15 nitrogen and oxygen atoms in total. The van der Waals surface area contributed by atoms with Crippen LogP contribution in [0.2, 0.25) is 6.82 Å². The topological polar surface area (TPSA) is 259 Å². The molecule has 2 aromatic rings. The number of hydrogen-bond donors (Lipinski definition) is 7. The van der Waals surface area contributed by atoms with Gasteiger partial charge in [0.2, 0.25) is 11.8 Å². The SMILES string of the molecule is [2H]C([2H])(NC(=O)OC(C)(C)C)C([2H])([2H])C([2H])([2H])C([2H])([2H])[C@H](N)C(=O)C[C@@H](Cc1ccccc1)C(N)=O.[2H]C([2H])(NC(=O)OC(C)(C)C)C([2H])([2H])C([2H])([2H])C([2H])([2H])[C@H](NC)C(=O)C[C@@H](Cc1ccccc1)C(N)=O.[B]=N.[B]C. The Hall–Kier alpha value is -4.89. The third-order valence-electron chi connectivity index (χ3n) is 7.13. The van der Waals surface area contributed by atoms with Crippen molar-refractivity contribution in [2.24, 2.45) is 29.0 Å². The number of rotatable bonds is 23. The summed E-state index contributed by atoms with van der Waals surface area (Å²) in [4.78, 5) is 73.9. The van der Waals surface area contributed by atoms with Crippen LogP contribution in [0.15, 0.2) is 60.7 Å². The third-order valence-corrected chi connectivity index (χ3v) is 7.13. The maximum atomic E-state index is 13.1. The molecule has 17 heteroatoms. The average Bonchev–Trinajstić information content (AvgIpc) is 3.28. The van der Waals surface area contributed by atoms with E-state index in [1.54, 1.807) is 71.3 Å². The Balaban J connectivity index is 0. The molecule has 0 saturated heterocycles. The number of nitrogens with two attached hydrogens (primary N) is 3. The molecule has 0 heterocycles. The molecule has 0 aromatic heterocycles. The first kappa shape index (κ1) is 34.7. The molecular formula is C44H72B2N7O8.